The van der Waals surface area contributed by atoms with Crippen LogP contribution >= 0.6 is 15.9 Å². The number of alkyl halides is 5. The zero-order valence-electron chi connectivity index (χ0n) is 7.63. The van der Waals surface area contributed by atoms with Crippen molar-refractivity contribution in [3.63, 3.8) is 0 Å². The van der Waals surface area contributed by atoms with Crippen molar-refractivity contribution in [2.24, 2.45) is 0 Å². The summed E-state index contributed by atoms with van der Waals surface area (Å²) in [4.78, 5) is 11.8. The van der Waals surface area contributed by atoms with Gasteiger partial charge >= 0.3 is 11.9 Å². The molecule has 17 heavy (non-hydrogen) atoms. The first-order valence-corrected chi connectivity index (χ1v) is 4.64. The number of halogens is 6. The van der Waals surface area contributed by atoms with Crippen molar-refractivity contribution >= 4 is 21.6 Å². The fourth-order valence-electron chi connectivity index (χ4n) is 1.00. The molecule has 0 amide bonds. The molecule has 4 nitrogen and oxygen atoms in total. The normalized spacial score (nSPS) is 11.9. The Morgan fingerprint density at radius 3 is 2.29 bits per heavy atom. The van der Waals surface area contributed by atoms with Gasteiger partial charge in [0.15, 0.2) is 5.69 Å². The Morgan fingerprint density at radius 2 is 1.94 bits per heavy atom. The van der Waals surface area contributed by atoms with Crippen LogP contribution < -0.4 is 0 Å². The first kappa shape index (κ1) is 13.7. The molecule has 0 atom stereocenters. The van der Waals surface area contributed by atoms with Gasteiger partial charge in [0.25, 0.3) is 6.43 Å². The van der Waals surface area contributed by atoms with Crippen LogP contribution in [0, 0.1) is 10.1 Å². The average Bonchev–Trinajstić information content (AvgIpc) is 2.13. The number of aromatic nitrogens is 1. The van der Waals surface area contributed by atoms with Crippen molar-refractivity contribution in [1.82, 2.24) is 4.98 Å². The van der Waals surface area contributed by atoms with Gasteiger partial charge in [0.05, 0.1) is 9.40 Å². The minimum atomic E-state index is -4.96. The van der Waals surface area contributed by atoms with E-state index in [1.165, 1.54) is 0 Å². The summed E-state index contributed by atoms with van der Waals surface area (Å²) in [5.74, 6) is 0. The van der Waals surface area contributed by atoms with E-state index in [4.69, 9.17) is 0 Å². The SMILES string of the molecule is O=[N+]([O-])c1c(Br)cc(C(F)(F)F)nc1C(F)F. The molecule has 0 fully saturated rings. The van der Waals surface area contributed by atoms with Crippen molar-refractivity contribution < 1.29 is 26.9 Å². The van der Waals surface area contributed by atoms with Crippen molar-refractivity contribution in [3.05, 3.63) is 32.0 Å². The van der Waals surface area contributed by atoms with Crippen LogP contribution in [0.15, 0.2) is 10.5 Å². The molecule has 0 unspecified atom stereocenters. The summed E-state index contributed by atoms with van der Waals surface area (Å²) in [6.45, 7) is 0. The van der Waals surface area contributed by atoms with Crippen molar-refractivity contribution in [2.75, 3.05) is 0 Å². The Balaban J connectivity index is 3.52. The summed E-state index contributed by atoms with van der Waals surface area (Å²) < 4.78 is 60.8. The highest BCUT2D eigenvalue weighted by Crippen LogP contribution is 2.38. The predicted molar refractivity (Wildman–Crippen MR) is 48.6 cm³/mol. The standard InChI is InChI=1S/C7H2BrF5N2O2/c8-2-1-3(7(11,12)13)14-4(6(9)10)5(2)15(16)17/h1,6H. The predicted octanol–water partition coefficient (Wildman–Crippen LogP) is 3.71. The van der Waals surface area contributed by atoms with E-state index in [2.05, 4.69) is 20.9 Å². The van der Waals surface area contributed by atoms with Gasteiger partial charge in [0, 0.05) is 0 Å². The lowest BCUT2D eigenvalue weighted by Crippen LogP contribution is -2.12. The van der Waals surface area contributed by atoms with Crippen LogP contribution in [-0.2, 0) is 6.18 Å². The van der Waals surface area contributed by atoms with Crippen LogP contribution in [-0.4, -0.2) is 9.91 Å². The lowest BCUT2D eigenvalue weighted by Gasteiger charge is -2.09. The summed E-state index contributed by atoms with van der Waals surface area (Å²) in [7, 11) is 0. The Hall–Kier alpha value is -1.32. The highest BCUT2D eigenvalue weighted by molar-refractivity contribution is 9.10. The summed E-state index contributed by atoms with van der Waals surface area (Å²) in [6.07, 6.45) is -8.43. The maximum absolute atomic E-state index is 12.4. The molecule has 1 heterocycles. The molecule has 10 heteroatoms. The summed E-state index contributed by atoms with van der Waals surface area (Å²) in [6, 6.07) is 0.282. The smallest absolute Gasteiger partial charge is 0.258 e. The molecule has 1 aromatic rings. The van der Waals surface area contributed by atoms with Gasteiger partial charge in [0.1, 0.15) is 5.69 Å². The van der Waals surface area contributed by atoms with Crippen LogP contribution in [0.25, 0.3) is 0 Å². The number of hydrogen-bond acceptors (Lipinski definition) is 3. The average molecular weight is 321 g/mol. The van der Waals surface area contributed by atoms with Crippen LogP contribution in [0.2, 0.25) is 0 Å². The summed E-state index contributed by atoms with van der Waals surface area (Å²) in [5, 5.41) is 10.4. The number of nitrogens with zero attached hydrogens (tertiary/aromatic N) is 2. The van der Waals surface area contributed by atoms with E-state index in [-0.39, 0.29) is 6.07 Å². The van der Waals surface area contributed by atoms with Crippen LogP contribution in [0.5, 0.6) is 0 Å². The maximum Gasteiger partial charge on any atom is 0.433 e. The molecule has 0 spiro atoms. The van der Waals surface area contributed by atoms with Crippen LogP contribution in [0.4, 0.5) is 27.6 Å². The van der Waals surface area contributed by atoms with Gasteiger partial charge < -0.3 is 0 Å². The van der Waals surface area contributed by atoms with Crippen molar-refractivity contribution in [3.8, 4) is 0 Å². The van der Waals surface area contributed by atoms with E-state index in [9.17, 15) is 32.1 Å². The van der Waals surface area contributed by atoms with E-state index in [1.54, 1.807) is 0 Å². The third-order valence-corrected chi connectivity index (χ3v) is 2.26. The summed E-state index contributed by atoms with van der Waals surface area (Å²) >= 11 is 2.44. The highest BCUT2D eigenvalue weighted by atomic mass is 79.9. The highest BCUT2D eigenvalue weighted by Gasteiger charge is 2.37. The zero-order chi connectivity index (χ0) is 13.4. The number of rotatable bonds is 2. The van der Waals surface area contributed by atoms with Gasteiger partial charge in [-0.25, -0.2) is 13.8 Å². The molecule has 0 radical (unpaired) electrons. The second kappa shape index (κ2) is 4.51. The van der Waals surface area contributed by atoms with Gasteiger partial charge in [-0.1, -0.05) is 0 Å². The Bertz CT molecular complexity index is 462. The van der Waals surface area contributed by atoms with E-state index >= 15 is 0 Å². The van der Waals surface area contributed by atoms with Crippen LogP contribution in [0.3, 0.4) is 0 Å². The fraction of sp³-hybridized carbons (Fsp3) is 0.286. The minimum Gasteiger partial charge on any atom is -0.258 e. The molecule has 94 valence electrons. The quantitative estimate of drug-likeness (QED) is 0.474. The molecule has 0 aliphatic heterocycles. The molecule has 1 aromatic heterocycles. The zero-order valence-corrected chi connectivity index (χ0v) is 9.22. The molecule has 0 bridgehead atoms. The molecule has 1 rings (SSSR count). The van der Waals surface area contributed by atoms with Crippen molar-refractivity contribution in [1.29, 1.82) is 0 Å². The Morgan fingerprint density at radius 1 is 1.41 bits per heavy atom. The molecule has 0 saturated carbocycles. The van der Waals surface area contributed by atoms with E-state index in [1.807, 2.05) is 0 Å². The number of hydrogen-bond donors (Lipinski definition) is 0. The summed E-state index contributed by atoms with van der Waals surface area (Å²) in [5.41, 5.74) is -4.31. The lowest BCUT2D eigenvalue weighted by molar-refractivity contribution is -0.387. The van der Waals surface area contributed by atoms with Gasteiger partial charge in [-0.15, -0.1) is 0 Å². The Kier molecular flexibility index (Phi) is 3.65. The molecule has 0 saturated heterocycles. The van der Waals surface area contributed by atoms with Gasteiger partial charge in [-0.05, 0) is 22.0 Å². The van der Waals surface area contributed by atoms with E-state index in [0.29, 0.717) is 0 Å². The molecule has 0 N–H and O–H groups in total. The van der Waals surface area contributed by atoms with Gasteiger partial charge in [0.2, 0.25) is 0 Å². The van der Waals surface area contributed by atoms with Crippen molar-refractivity contribution in [2.45, 2.75) is 12.6 Å². The minimum absolute atomic E-state index is 0.282. The molecule has 0 aliphatic rings. The molecule has 0 aliphatic carbocycles. The molecule has 0 aromatic carbocycles. The first-order chi connectivity index (χ1) is 7.64. The lowest BCUT2D eigenvalue weighted by atomic mass is 10.2. The van der Waals surface area contributed by atoms with E-state index in [0.717, 1.165) is 0 Å². The van der Waals surface area contributed by atoms with Gasteiger partial charge in [-0.2, -0.15) is 13.2 Å². The largest absolute Gasteiger partial charge is 0.433 e. The second-order valence-electron chi connectivity index (χ2n) is 2.78. The fourth-order valence-corrected chi connectivity index (χ4v) is 1.57. The third-order valence-electron chi connectivity index (χ3n) is 1.65. The first-order valence-electron chi connectivity index (χ1n) is 3.84. The van der Waals surface area contributed by atoms with Crippen LogP contribution in [0.1, 0.15) is 17.8 Å². The number of pyridine rings is 1. The van der Waals surface area contributed by atoms with Gasteiger partial charge in [-0.3, -0.25) is 10.1 Å². The Labute approximate surface area is 98.7 Å². The molecular weight excluding hydrogens is 319 g/mol. The monoisotopic (exact) mass is 320 g/mol. The third kappa shape index (κ3) is 2.87. The topological polar surface area (TPSA) is 56.0 Å². The number of nitro groups is 1. The second-order valence-corrected chi connectivity index (χ2v) is 3.63. The van der Waals surface area contributed by atoms with E-state index < -0.39 is 39.1 Å². The molecular formula is C7H2BrF5N2O2. The maximum atomic E-state index is 12.4.